The van der Waals surface area contributed by atoms with Crippen LogP contribution in [0.25, 0.3) is 5.76 Å². The Morgan fingerprint density at radius 3 is 2.00 bits per heavy atom. The van der Waals surface area contributed by atoms with Gasteiger partial charge in [0.2, 0.25) is 0 Å². The first-order valence-corrected chi connectivity index (χ1v) is 10.7. The largest absolute Gasteiger partial charge is 0.507 e. The van der Waals surface area contributed by atoms with Gasteiger partial charge in [-0.1, -0.05) is 18.2 Å². The standard InChI is InChI=1S/C27H23NO7/c1-33-20-11-7-16(8-12-20)23-22(24(29)17-9-13-21(34-2)14-10-17)25(30)26(31)28(23)19-6-4-5-18(15-19)27(32)35-3/h4-15,23,29H,1-3H3/b24-22+. The van der Waals surface area contributed by atoms with Crippen molar-refractivity contribution in [2.75, 3.05) is 26.2 Å². The topological polar surface area (TPSA) is 102 Å². The molecule has 178 valence electrons. The van der Waals surface area contributed by atoms with Gasteiger partial charge in [-0.2, -0.15) is 0 Å². The summed E-state index contributed by atoms with van der Waals surface area (Å²) >= 11 is 0. The van der Waals surface area contributed by atoms with E-state index >= 15 is 0 Å². The fourth-order valence-electron chi connectivity index (χ4n) is 4.01. The van der Waals surface area contributed by atoms with E-state index in [1.54, 1.807) is 66.7 Å². The second-order valence-corrected chi connectivity index (χ2v) is 7.71. The van der Waals surface area contributed by atoms with Crippen molar-refractivity contribution in [2.45, 2.75) is 6.04 Å². The molecular formula is C27H23NO7. The average molecular weight is 473 g/mol. The predicted octanol–water partition coefficient (Wildman–Crippen LogP) is 4.12. The number of hydrogen-bond acceptors (Lipinski definition) is 7. The Hall–Kier alpha value is -4.59. The minimum absolute atomic E-state index is 0.0752. The molecule has 8 nitrogen and oxygen atoms in total. The van der Waals surface area contributed by atoms with Crippen LogP contribution in [0.5, 0.6) is 11.5 Å². The summed E-state index contributed by atoms with van der Waals surface area (Å²) in [4.78, 5) is 39.9. The summed E-state index contributed by atoms with van der Waals surface area (Å²) in [5, 5.41) is 11.2. The first-order chi connectivity index (χ1) is 16.9. The number of carbonyl (C=O) groups is 3. The molecule has 3 aromatic rings. The lowest BCUT2D eigenvalue weighted by atomic mass is 9.95. The molecule has 1 unspecified atom stereocenters. The number of rotatable bonds is 6. The molecule has 0 aromatic heterocycles. The third-order valence-electron chi connectivity index (χ3n) is 5.78. The van der Waals surface area contributed by atoms with Crippen molar-refractivity contribution in [3.8, 4) is 11.5 Å². The number of aliphatic hydroxyl groups is 1. The maximum atomic E-state index is 13.3. The Bertz CT molecular complexity index is 1310. The second-order valence-electron chi connectivity index (χ2n) is 7.71. The quantitative estimate of drug-likeness (QED) is 0.249. The second kappa shape index (κ2) is 9.72. The zero-order valence-corrected chi connectivity index (χ0v) is 19.3. The number of ketones is 1. The summed E-state index contributed by atoms with van der Waals surface area (Å²) in [5.74, 6) is -1.41. The first kappa shape index (κ1) is 23.6. The number of ether oxygens (including phenoxy) is 3. The van der Waals surface area contributed by atoms with Crippen molar-refractivity contribution in [1.82, 2.24) is 0 Å². The number of methoxy groups -OCH3 is 3. The van der Waals surface area contributed by atoms with Gasteiger partial charge in [0.1, 0.15) is 17.3 Å². The Balaban J connectivity index is 1.91. The predicted molar refractivity (Wildman–Crippen MR) is 129 cm³/mol. The van der Waals surface area contributed by atoms with E-state index in [0.29, 0.717) is 28.3 Å². The van der Waals surface area contributed by atoms with Crippen LogP contribution in [0.4, 0.5) is 5.69 Å². The van der Waals surface area contributed by atoms with E-state index in [0.717, 1.165) is 0 Å². The van der Waals surface area contributed by atoms with Crippen LogP contribution in [-0.4, -0.2) is 44.1 Å². The van der Waals surface area contributed by atoms with E-state index in [4.69, 9.17) is 14.2 Å². The number of carbonyl (C=O) groups excluding carboxylic acids is 3. The first-order valence-electron chi connectivity index (χ1n) is 10.7. The van der Waals surface area contributed by atoms with Crippen LogP contribution in [0.15, 0.2) is 78.4 Å². The number of aliphatic hydroxyl groups excluding tert-OH is 1. The number of esters is 1. The smallest absolute Gasteiger partial charge is 0.337 e. The van der Waals surface area contributed by atoms with Crippen LogP contribution in [0, 0.1) is 0 Å². The minimum atomic E-state index is -0.948. The van der Waals surface area contributed by atoms with E-state index in [2.05, 4.69) is 0 Å². The summed E-state index contributed by atoms with van der Waals surface area (Å²) in [6.45, 7) is 0. The highest BCUT2D eigenvalue weighted by molar-refractivity contribution is 6.51. The summed E-state index contributed by atoms with van der Waals surface area (Å²) in [6, 6.07) is 18.6. The summed E-state index contributed by atoms with van der Waals surface area (Å²) < 4.78 is 15.2. The van der Waals surface area contributed by atoms with Gasteiger partial charge in [0.05, 0.1) is 38.5 Å². The van der Waals surface area contributed by atoms with Crippen LogP contribution in [-0.2, 0) is 14.3 Å². The van der Waals surface area contributed by atoms with Gasteiger partial charge in [-0.25, -0.2) is 4.79 Å². The SMILES string of the molecule is COC(=O)c1cccc(N2C(=O)C(=O)/C(=C(/O)c3ccc(OC)cc3)C2c2ccc(OC)cc2)c1. The zero-order valence-electron chi connectivity index (χ0n) is 19.3. The molecule has 0 saturated carbocycles. The van der Waals surface area contributed by atoms with Crippen molar-refractivity contribution in [3.63, 3.8) is 0 Å². The van der Waals surface area contributed by atoms with E-state index < -0.39 is 23.7 Å². The molecule has 3 aromatic carbocycles. The number of hydrogen-bond donors (Lipinski definition) is 1. The summed E-state index contributed by atoms with van der Waals surface area (Å²) in [5.41, 5.74) is 1.38. The van der Waals surface area contributed by atoms with Crippen molar-refractivity contribution in [2.24, 2.45) is 0 Å². The molecule has 1 aliphatic rings. The average Bonchev–Trinajstić information content (AvgIpc) is 3.18. The van der Waals surface area contributed by atoms with Crippen molar-refractivity contribution < 1.29 is 33.7 Å². The Kier molecular flexibility index (Phi) is 6.55. The molecule has 1 amide bonds. The number of anilines is 1. The van der Waals surface area contributed by atoms with Crippen molar-refractivity contribution >= 4 is 29.1 Å². The zero-order chi connectivity index (χ0) is 25.1. The van der Waals surface area contributed by atoms with Gasteiger partial charge >= 0.3 is 5.97 Å². The lowest BCUT2D eigenvalue weighted by Crippen LogP contribution is -2.29. The van der Waals surface area contributed by atoms with Crippen molar-refractivity contribution in [1.29, 1.82) is 0 Å². The number of amides is 1. The van der Waals surface area contributed by atoms with E-state index in [1.807, 2.05) is 0 Å². The van der Waals surface area contributed by atoms with Gasteiger partial charge in [0.15, 0.2) is 0 Å². The lowest BCUT2D eigenvalue weighted by molar-refractivity contribution is -0.132. The fraction of sp³-hybridized carbons (Fsp3) is 0.148. The molecule has 35 heavy (non-hydrogen) atoms. The van der Waals surface area contributed by atoms with Gasteiger partial charge in [0, 0.05) is 11.3 Å². The Labute approximate surface area is 202 Å². The highest BCUT2D eigenvalue weighted by Crippen LogP contribution is 2.42. The maximum Gasteiger partial charge on any atom is 0.337 e. The molecule has 1 N–H and O–H groups in total. The number of nitrogens with zero attached hydrogens (tertiary/aromatic N) is 1. The van der Waals surface area contributed by atoms with Crippen LogP contribution in [0.3, 0.4) is 0 Å². The highest BCUT2D eigenvalue weighted by Gasteiger charge is 2.47. The van der Waals surface area contributed by atoms with Gasteiger partial charge in [-0.15, -0.1) is 0 Å². The Morgan fingerprint density at radius 1 is 0.829 bits per heavy atom. The Morgan fingerprint density at radius 2 is 1.43 bits per heavy atom. The van der Waals surface area contributed by atoms with Crippen molar-refractivity contribution in [3.05, 3.63) is 95.1 Å². The third kappa shape index (κ3) is 4.33. The molecule has 1 aliphatic heterocycles. The molecule has 1 heterocycles. The molecule has 0 spiro atoms. The maximum absolute atomic E-state index is 13.3. The van der Waals surface area contributed by atoms with Gasteiger partial charge in [-0.3, -0.25) is 14.5 Å². The molecule has 1 atom stereocenters. The summed E-state index contributed by atoms with van der Waals surface area (Å²) in [7, 11) is 4.31. The minimum Gasteiger partial charge on any atom is -0.507 e. The molecule has 1 fully saturated rings. The van der Waals surface area contributed by atoms with Crippen LogP contribution >= 0.6 is 0 Å². The number of benzene rings is 3. The van der Waals surface area contributed by atoms with Crippen LogP contribution < -0.4 is 14.4 Å². The number of Topliss-reactive ketones (excluding diaryl/α,β-unsaturated/α-hetero) is 1. The van der Waals surface area contributed by atoms with Gasteiger partial charge in [0.25, 0.3) is 11.7 Å². The lowest BCUT2D eigenvalue weighted by Gasteiger charge is -2.26. The highest BCUT2D eigenvalue weighted by atomic mass is 16.5. The fourth-order valence-corrected chi connectivity index (χ4v) is 4.01. The molecule has 8 heteroatoms. The monoisotopic (exact) mass is 473 g/mol. The summed E-state index contributed by atoms with van der Waals surface area (Å²) in [6.07, 6.45) is 0. The molecular weight excluding hydrogens is 450 g/mol. The van der Waals surface area contributed by atoms with Gasteiger partial charge in [-0.05, 0) is 60.2 Å². The molecule has 0 radical (unpaired) electrons. The van der Waals surface area contributed by atoms with Gasteiger partial charge < -0.3 is 19.3 Å². The molecule has 1 saturated heterocycles. The van der Waals surface area contributed by atoms with E-state index in [1.165, 1.54) is 32.3 Å². The molecule has 0 bridgehead atoms. The van der Waals surface area contributed by atoms with Crippen LogP contribution in [0.1, 0.15) is 27.5 Å². The van der Waals surface area contributed by atoms with E-state index in [9.17, 15) is 19.5 Å². The van der Waals surface area contributed by atoms with Crippen LogP contribution in [0.2, 0.25) is 0 Å². The normalized spacial score (nSPS) is 16.8. The molecule has 4 rings (SSSR count). The molecule has 0 aliphatic carbocycles. The van der Waals surface area contributed by atoms with E-state index in [-0.39, 0.29) is 16.9 Å². The third-order valence-corrected chi connectivity index (χ3v) is 5.78.